The van der Waals surface area contributed by atoms with Gasteiger partial charge in [0.1, 0.15) is 0 Å². The van der Waals surface area contributed by atoms with Crippen LogP contribution >= 0.6 is 0 Å². The van der Waals surface area contributed by atoms with E-state index in [2.05, 4.69) is 20.8 Å². The van der Waals surface area contributed by atoms with Gasteiger partial charge >= 0.3 is 0 Å². The Morgan fingerprint density at radius 1 is 1.20 bits per heavy atom. The van der Waals surface area contributed by atoms with Crippen molar-refractivity contribution in [1.82, 2.24) is 4.90 Å². The van der Waals surface area contributed by atoms with E-state index in [9.17, 15) is 4.79 Å². The molecule has 0 aromatic carbocycles. The highest BCUT2D eigenvalue weighted by Gasteiger charge is 2.31. The quantitative estimate of drug-likeness (QED) is 0.779. The van der Waals surface area contributed by atoms with Crippen LogP contribution in [0.4, 0.5) is 0 Å². The highest BCUT2D eigenvalue weighted by molar-refractivity contribution is 5.82. The molecule has 3 heteroatoms. The summed E-state index contributed by atoms with van der Waals surface area (Å²) in [5.41, 5.74) is 5.76. The maximum atomic E-state index is 12.0. The van der Waals surface area contributed by atoms with Crippen molar-refractivity contribution < 1.29 is 4.79 Å². The molecule has 0 saturated heterocycles. The van der Waals surface area contributed by atoms with Crippen LogP contribution in [0.2, 0.25) is 0 Å². The Kier molecular flexibility index (Phi) is 4.78. The Labute approximate surface area is 94.0 Å². The first kappa shape index (κ1) is 14.4. The van der Waals surface area contributed by atoms with E-state index in [1.165, 1.54) is 0 Å². The molecule has 90 valence electrons. The monoisotopic (exact) mass is 214 g/mol. The van der Waals surface area contributed by atoms with E-state index in [0.717, 1.165) is 0 Å². The number of hydrogen-bond acceptors (Lipinski definition) is 2. The maximum Gasteiger partial charge on any atom is 0.240 e. The molecule has 0 aromatic rings. The minimum atomic E-state index is -0.427. The lowest BCUT2D eigenvalue weighted by atomic mass is 9.86. The summed E-state index contributed by atoms with van der Waals surface area (Å²) < 4.78 is 0. The van der Waals surface area contributed by atoms with Crippen LogP contribution in [-0.2, 0) is 4.79 Å². The van der Waals surface area contributed by atoms with Gasteiger partial charge in [0.05, 0.1) is 6.04 Å². The van der Waals surface area contributed by atoms with Gasteiger partial charge in [-0.3, -0.25) is 4.79 Å². The molecule has 0 bridgehead atoms. The normalized spacial score (nSPS) is 16.3. The van der Waals surface area contributed by atoms with Crippen molar-refractivity contribution in [2.24, 2.45) is 17.1 Å². The van der Waals surface area contributed by atoms with Crippen LogP contribution in [-0.4, -0.2) is 29.9 Å². The first-order valence-electron chi connectivity index (χ1n) is 5.61. The van der Waals surface area contributed by atoms with E-state index >= 15 is 0 Å². The van der Waals surface area contributed by atoms with Gasteiger partial charge in [-0.25, -0.2) is 0 Å². The predicted molar refractivity (Wildman–Crippen MR) is 64.5 cm³/mol. The number of rotatable bonds is 3. The van der Waals surface area contributed by atoms with Gasteiger partial charge in [-0.05, 0) is 18.3 Å². The highest BCUT2D eigenvalue weighted by atomic mass is 16.2. The fourth-order valence-corrected chi connectivity index (χ4v) is 1.24. The Bertz CT molecular complexity index is 218. The second kappa shape index (κ2) is 4.97. The van der Waals surface area contributed by atoms with Crippen molar-refractivity contribution in [3.8, 4) is 0 Å². The van der Waals surface area contributed by atoms with Crippen LogP contribution in [0.15, 0.2) is 0 Å². The van der Waals surface area contributed by atoms with Gasteiger partial charge in [0.25, 0.3) is 0 Å². The molecule has 2 N–H and O–H groups in total. The summed E-state index contributed by atoms with van der Waals surface area (Å²) in [6, 6.07) is -0.199. The molecule has 15 heavy (non-hydrogen) atoms. The fourth-order valence-electron chi connectivity index (χ4n) is 1.24. The second-order valence-electron chi connectivity index (χ2n) is 5.78. The molecular formula is C12H26N2O. The zero-order chi connectivity index (χ0) is 12.4. The van der Waals surface area contributed by atoms with Crippen LogP contribution in [0.3, 0.4) is 0 Å². The van der Waals surface area contributed by atoms with E-state index in [1.807, 2.05) is 27.8 Å². The molecule has 3 nitrogen and oxygen atoms in total. The van der Waals surface area contributed by atoms with Gasteiger partial charge in [-0.1, -0.05) is 34.6 Å². The highest BCUT2D eigenvalue weighted by Crippen LogP contribution is 2.20. The van der Waals surface area contributed by atoms with Crippen molar-refractivity contribution in [3.05, 3.63) is 0 Å². The third kappa shape index (κ3) is 3.82. The summed E-state index contributed by atoms with van der Waals surface area (Å²) in [5.74, 6) is 0.481. The molecule has 2 unspecified atom stereocenters. The number of carbonyl (C=O) groups excluding carboxylic acids is 1. The van der Waals surface area contributed by atoms with E-state index in [0.29, 0.717) is 5.92 Å². The molecule has 0 fully saturated rings. The molecule has 2 atom stereocenters. The largest absolute Gasteiger partial charge is 0.341 e. The molecule has 0 aliphatic carbocycles. The topological polar surface area (TPSA) is 46.3 Å². The van der Waals surface area contributed by atoms with Crippen molar-refractivity contribution in [2.75, 3.05) is 7.05 Å². The fraction of sp³-hybridized carbons (Fsp3) is 0.917. The number of nitrogens with zero attached hydrogens (tertiary/aromatic N) is 1. The molecule has 0 aliphatic rings. The molecule has 0 heterocycles. The summed E-state index contributed by atoms with van der Waals surface area (Å²) in [5, 5.41) is 0. The summed E-state index contributed by atoms with van der Waals surface area (Å²) in [7, 11) is 1.83. The van der Waals surface area contributed by atoms with E-state index in [1.54, 1.807) is 4.90 Å². The number of hydrogen-bond donors (Lipinski definition) is 1. The molecule has 0 aromatic heterocycles. The minimum Gasteiger partial charge on any atom is -0.341 e. The molecule has 0 rings (SSSR count). The molecule has 0 spiro atoms. The lowest BCUT2D eigenvalue weighted by Gasteiger charge is -2.34. The van der Waals surface area contributed by atoms with E-state index in [4.69, 9.17) is 5.73 Å². The third-order valence-corrected chi connectivity index (χ3v) is 3.12. The van der Waals surface area contributed by atoms with Crippen LogP contribution in [0.1, 0.15) is 41.5 Å². The molecule has 0 saturated carbocycles. The molecular weight excluding hydrogens is 188 g/mol. The molecule has 0 radical (unpaired) electrons. The van der Waals surface area contributed by atoms with Gasteiger partial charge in [-0.15, -0.1) is 0 Å². The van der Waals surface area contributed by atoms with Crippen molar-refractivity contribution in [3.63, 3.8) is 0 Å². The number of nitrogens with two attached hydrogens (primary N) is 1. The summed E-state index contributed by atoms with van der Waals surface area (Å²) in [6.45, 7) is 12.2. The van der Waals surface area contributed by atoms with Crippen LogP contribution in [0.5, 0.6) is 0 Å². The average molecular weight is 214 g/mol. The number of likely N-dealkylation sites (N-methyl/N-ethyl adjacent to an activating group) is 1. The third-order valence-electron chi connectivity index (χ3n) is 3.12. The summed E-state index contributed by atoms with van der Waals surface area (Å²) >= 11 is 0. The SMILES string of the molecule is CC(C)C(C)N(C)C(=O)C(N)C(C)(C)C. The zero-order valence-corrected chi connectivity index (χ0v) is 11.2. The van der Waals surface area contributed by atoms with Gasteiger partial charge in [0.2, 0.25) is 5.91 Å². The first-order chi connectivity index (χ1) is 6.59. The van der Waals surface area contributed by atoms with Gasteiger partial charge in [0.15, 0.2) is 0 Å². The van der Waals surface area contributed by atoms with Crippen LogP contribution in [0.25, 0.3) is 0 Å². The molecule has 1 amide bonds. The lowest BCUT2D eigenvalue weighted by Crippen LogP contribution is -2.52. The Balaban J connectivity index is 4.59. The Morgan fingerprint density at radius 3 is 1.87 bits per heavy atom. The first-order valence-corrected chi connectivity index (χ1v) is 5.61. The van der Waals surface area contributed by atoms with Gasteiger partial charge in [0, 0.05) is 13.1 Å². The van der Waals surface area contributed by atoms with Crippen LogP contribution in [0, 0.1) is 11.3 Å². The second-order valence-corrected chi connectivity index (χ2v) is 5.78. The summed E-state index contributed by atoms with van der Waals surface area (Å²) in [4.78, 5) is 13.8. The van der Waals surface area contributed by atoms with E-state index < -0.39 is 6.04 Å². The number of carbonyl (C=O) groups is 1. The standard InChI is InChI=1S/C12H26N2O/c1-8(2)9(3)14(7)11(15)10(13)12(4,5)6/h8-10H,13H2,1-7H3. The minimum absolute atomic E-state index is 0.0312. The zero-order valence-electron chi connectivity index (χ0n) is 11.2. The lowest BCUT2D eigenvalue weighted by molar-refractivity contribution is -0.136. The Morgan fingerprint density at radius 2 is 1.60 bits per heavy atom. The smallest absolute Gasteiger partial charge is 0.240 e. The predicted octanol–water partition coefficient (Wildman–Crippen LogP) is 1.86. The van der Waals surface area contributed by atoms with Crippen molar-refractivity contribution >= 4 is 5.91 Å². The van der Waals surface area contributed by atoms with Crippen molar-refractivity contribution in [1.29, 1.82) is 0 Å². The molecule has 0 aliphatic heterocycles. The number of amides is 1. The van der Waals surface area contributed by atoms with Crippen LogP contribution < -0.4 is 5.73 Å². The maximum absolute atomic E-state index is 12.0. The van der Waals surface area contributed by atoms with Gasteiger partial charge < -0.3 is 10.6 Å². The Hall–Kier alpha value is -0.570. The van der Waals surface area contributed by atoms with E-state index in [-0.39, 0.29) is 17.4 Å². The van der Waals surface area contributed by atoms with Crippen molar-refractivity contribution in [2.45, 2.75) is 53.6 Å². The van der Waals surface area contributed by atoms with Gasteiger partial charge in [-0.2, -0.15) is 0 Å². The summed E-state index contributed by atoms with van der Waals surface area (Å²) in [6.07, 6.45) is 0. The average Bonchev–Trinajstić information content (AvgIpc) is 2.11.